The summed E-state index contributed by atoms with van der Waals surface area (Å²) in [5, 5.41) is 15.6. The van der Waals surface area contributed by atoms with Crippen molar-refractivity contribution >= 4 is 46.0 Å². The maximum Gasteiger partial charge on any atom is 0.407 e. The quantitative estimate of drug-likeness (QED) is 0.286. The first-order chi connectivity index (χ1) is 17.1. The molecule has 1 atom stereocenters. The number of aromatic nitrogens is 4. The molecule has 0 saturated carbocycles. The average Bonchev–Trinajstić information content (AvgIpc) is 3.47. The summed E-state index contributed by atoms with van der Waals surface area (Å²) >= 11 is 7.46. The minimum absolute atomic E-state index is 0.111. The van der Waals surface area contributed by atoms with Crippen LogP contribution in [0.2, 0.25) is 5.02 Å². The number of rotatable bonds is 8. The zero-order chi connectivity index (χ0) is 25.9. The molecule has 0 spiro atoms. The zero-order valence-electron chi connectivity index (χ0n) is 20.2. The van der Waals surface area contributed by atoms with E-state index in [1.807, 2.05) is 45.0 Å². The third kappa shape index (κ3) is 6.00. The van der Waals surface area contributed by atoms with E-state index in [1.165, 1.54) is 16.2 Å². The Bertz CT molecular complexity index is 1350. The first-order valence-electron chi connectivity index (χ1n) is 11.4. The molecule has 3 N–H and O–H groups in total. The summed E-state index contributed by atoms with van der Waals surface area (Å²) < 4.78 is 0. The van der Waals surface area contributed by atoms with E-state index in [2.05, 4.69) is 25.3 Å². The van der Waals surface area contributed by atoms with Crippen molar-refractivity contribution in [1.82, 2.24) is 30.2 Å². The van der Waals surface area contributed by atoms with Gasteiger partial charge in [-0.3, -0.25) is 9.78 Å². The van der Waals surface area contributed by atoms with Crippen LogP contribution in [-0.2, 0) is 13.1 Å². The minimum Gasteiger partial charge on any atom is -0.465 e. The SMILES string of the molecule is CC(C)(C)C(CN(Cc1nc2ccccc2[nH]1)C(=O)O)c1nc(C(=O)NCc2ncccc2Cl)cs1. The van der Waals surface area contributed by atoms with E-state index in [9.17, 15) is 14.7 Å². The van der Waals surface area contributed by atoms with Crippen LogP contribution >= 0.6 is 22.9 Å². The third-order valence-electron chi connectivity index (χ3n) is 5.80. The van der Waals surface area contributed by atoms with E-state index in [0.29, 0.717) is 21.5 Å². The zero-order valence-corrected chi connectivity index (χ0v) is 21.7. The van der Waals surface area contributed by atoms with Gasteiger partial charge in [0.1, 0.15) is 11.5 Å². The number of nitrogens with zero attached hydrogens (tertiary/aromatic N) is 4. The number of imidazole rings is 1. The van der Waals surface area contributed by atoms with E-state index < -0.39 is 6.09 Å². The van der Waals surface area contributed by atoms with E-state index in [1.54, 1.807) is 23.7 Å². The molecule has 4 aromatic rings. The van der Waals surface area contributed by atoms with Crippen molar-refractivity contribution in [2.24, 2.45) is 5.41 Å². The number of pyridine rings is 1. The maximum absolute atomic E-state index is 12.7. The van der Waals surface area contributed by atoms with Gasteiger partial charge in [0.25, 0.3) is 5.91 Å². The molecule has 1 unspecified atom stereocenters. The Morgan fingerprint density at radius 3 is 2.67 bits per heavy atom. The summed E-state index contributed by atoms with van der Waals surface area (Å²) in [6.07, 6.45) is 0.563. The second kappa shape index (κ2) is 10.6. The number of hydrogen-bond donors (Lipinski definition) is 3. The van der Waals surface area contributed by atoms with E-state index in [4.69, 9.17) is 11.6 Å². The van der Waals surface area contributed by atoms with Crippen molar-refractivity contribution in [3.8, 4) is 0 Å². The molecule has 0 aliphatic carbocycles. The number of aromatic amines is 1. The summed E-state index contributed by atoms with van der Waals surface area (Å²) in [5.74, 6) is -0.0161. The number of H-pyrrole nitrogens is 1. The monoisotopic (exact) mass is 526 g/mol. The van der Waals surface area contributed by atoms with Crippen molar-refractivity contribution in [2.45, 2.75) is 39.8 Å². The predicted octanol–water partition coefficient (Wildman–Crippen LogP) is 5.31. The summed E-state index contributed by atoms with van der Waals surface area (Å²) in [7, 11) is 0. The van der Waals surface area contributed by atoms with Gasteiger partial charge >= 0.3 is 6.09 Å². The number of benzene rings is 1. The second-order valence-corrected chi connectivity index (χ2v) is 10.8. The molecule has 0 radical (unpaired) electrons. The highest BCUT2D eigenvalue weighted by Crippen LogP contribution is 2.37. The van der Waals surface area contributed by atoms with E-state index in [0.717, 1.165) is 11.0 Å². The van der Waals surface area contributed by atoms with Gasteiger partial charge < -0.3 is 20.3 Å². The molecule has 2 amide bonds. The van der Waals surface area contributed by atoms with Crippen LogP contribution in [0.3, 0.4) is 0 Å². The number of carbonyl (C=O) groups is 2. The molecule has 36 heavy (non-hydrogen) atoms. The Balaban J connectivity index is 1.49. The van der Waals surface area contributed by atoms with Crippen molar-refractivity contribution in [3.63, 3.8) is 0 Å². The largest absolute Gasteiger partial charge is 0.465 e. The minimum atomic E-state index is -1.05. The maximum atomic E-state index is 12.7. The Hall–Kier alpha value is -3.50. The van der Waals surface area contributed by atoms with Crippen LogP contribution in [-0.4, -0.2) is 48.5 Å². The van der Waals surface area contributed by atoms with Gasteiger partial charge in [0.2, 0.25) is 0 Å². The van der Waals surface area contributed by atoms with E-state index >= 15 is 0 Å². The molecule has 4 rings (SSSR count). The number of halogens is 1. The number of carbonyl (C=O) groups excluding carboxylic acids is 1. The van der Waals surface area contributed by atoms with Gasteiger partial charge in [0.05, 0.1) is 39.8 Å². The molecule has 3 heterocycles. The molecule has 3 aromatic heterocycles. The highest BCUT2D eigenvalue weighted by Gasteiger charge is 2.33. The summed E-state index contributed by atoms with van der Waals surface area (Å²) in [5.41, 5.74) is 2.17. The lowest BCUT2D eigenvalue weighted by Gasteiger charge is -2.32. The first-order valence-corrected chi connectivity index (χ1v) is 12.6. The van der Waals surface area contributed by atoms with Gasteiger partial charge in [-0.2, -0.15) is 0 Å². The molecule has 11 heteroatoms. The van der Waals surface area contributed by atoms with Gasteiger partial charge in [0.15, 0.2) is 0 Å². The molecule has 188 valence electrons. The van der Waals surface area contributed by atoms with Crippen molar-refractivity contribution in [1.29, 1.82) is 0 Å². The highest BCUT2D eigenvalue weighted by atomic mass is 35.5. The normalized spacial score (nSPS) is 12.4. The van der Waals surface area contributed by atoms with Crippen molar-refractivity contribution in [2.75, 3.05) is 6.54 Å². The lowest BCUT2D eigenvalue weighted by atomic mass is 9.80. The molecular formula is C25H27ClN6O3S. The fourth-order valence-corrected chi connectivity index (χ4v) is 5.09. The smallest absolute Gasteiger partial charge is 0.407 e. The van der Waals surface area contributed by atoms with Crippen molar-refractivity contribution < 1.29 is 14.7 Å². The molecule has 0 aliphatic rings. The Morgan fingerprint density at radius 1 is 1.19 bits per heavy atom. The fourth-order valence-electron chi connectivity index (χ4n) is 3.77. The summed E-state index contributed by atoms with van der Waals surface area (Å²) in [4.78, 5) is 42.7. The number of amides is 2. The highest BCUT2D eigenvalue weighted by molar-refractivity contribution is 7.10. The standard InChI is InChI=1S/C25H27ClN6O3S/c1-25(2,3)15(12-32(24(34)35)13-21-29-17-8-4-5-9-18(17)30-21)23-31-20(14-36-23)22(33)28-11-19-16(26)7-6-10-27-19/h4-10,14-15H,11-13H2,1-3H3,(H,28,33)(H,29,30)(H,34,35). The van der Waals surface area contributed by atoms with Crippen LogP contribution < -0.4 is 5.32 Å². The second-order valence-electron chi connectivity index (χ2n) is 9.47. The average molecular weight is 527 g/mol. The Morgan fingerprint density at radius 2 is 1.97 bits per heavy atom. The van der Waals surface area contributed by atoms with Gasteiger partial charge in [-0.1, -0.05) is 44.5 Å². The van der Waals surface area contributed by atoms with E-state index in [-0.39, 0.29) is 42.6 Å². The van der Waals surface area contributed by atoms with Gasteiger partial charge in [-0.05, 0) is 29.7 Å². The van der Waals surface area contributed by atoms with Crippen LogP contribution in [0, 0.1) is 5.41 Å². The third-order valence-corrected chi connectivity index (χ3v) is 7.10. The molecule has 9 nitrogen and oxygen atoms in total. The van der Waals surface area contributed by atoms with Crippen LogP contribution in [0.15, 0.2) is 48.0 Å². The van der Waals surface area contributed by atoms with Crippen LogP contribution in [0.5, 0.6) is 0 Å². The first kappa shape index (κ1) is 25.6. The molecule has 1 aromatic carbocycles. The fraction of sp³-hybridized carbons (Fsp3) is 0.320. The van der Waals surface area contributed by atoms with Gasteiger partial charge in [-0.15, -0.1) is 11.3 Å². The van der Waals surface area contributed by atoms with Crippen LogP contribution in [0.1, 0.15) is 53.7 Å². The molecule has 0 saturated heterocycles. The lowest BCUT2D eigenvalue weighted by Crippen LogP contribution is -2.37. The number of fused-ring (bicyclic) bond motifs is 1. The molecule has 0 aliphatic heterocycles. The Labute approximate surface area is 217 Å². The van der Waals surface area contributed by atoms with Crippen molar-refractivity contribution in [3.05, 3.63) is 75.2 Å². The summed E-state index contributed by atoms with van der Waals surface area (Å²) in [6, 6.07) is 11.0. The number of hydrogen-bond acceptors (Lipinski definition) is 6. The number of nitrogens with one attached hydrogen (secondary N) is 2. The Kier molecular flexibility index (Phi) is 7.56. The molecule has 0 fully saturated rings. The number of carboxylic acid groups (broad SMARTS) is 1. The topological polar surface area (TPSA) is 124 Å². The number of thiazole rings is 1. The van der Waals surface area contributed by atoms with Crippen LogP contribution in [0.25, 0.3) is 11.0 Å². The molecular weight excluding hydrogens is 500 g/mol. The summed E-state index contributed by atoms with van der Waals surface area (Å²) in [6.45, 7) is 6.59. The predicted molar refractivity (Wildman–Crippen MR) is 139 cm³/mol. The van der Waals surface area contributed by atoms with Gasteiger partial charge in [-0.25, -0.2) is 14.8 Å². The molecule has 0 bridgehead atoms. The van der Waals surface area contributed by atoms with Gasteiger partial charge in [0, 0.05) is 24.0 Å². The lowest BCUT2D eigenvalue weighted by molar-refractivity contribution is 0.0944. The number of para-hydroxylation sites is 2. The van der Waals surface area contributed by atoms with Crippen LogP contribution in [0.4, 0.5) is 4.79 Å².